The van der Waals surface area contributed by atoms with Crippen molar-refractivity contribution < 1.29 is 4.74 Å². The molecule has 1 aliphatic rings. The molecule has 0 N–H and O–H groups in total. The third kappa shape index (κ3) is 3.25. The monoisotopic (exact) mass is 199 g/mol. The Labute approximate surface area is 88.6 Å². The highest BCUT2D eigenvalue weighted by atomic mass is 16.5. The van der Waals surface area contributed by atoms with Gasteiger partial charge in [-0.3, -0.25) is 0 Å². The quantitative estimate of drug-likeness (QED) is 0.677. The van der Waals surface area contributed by atoms with E-state index in [1.807, 2.05) is 0 Å². The summed E-state index contributed by atoms with van der Waals surface area (Å²) in [5.41, 5.74) is -0.0217. The molecule has 0 unspecified atom stereocenters. The molecule has 1 fully saturated rings. The number of nitrogens with zero attached hydrogens (tertiary/aromatic N) is 1. The fourth-order valence-electron chi connectivity index (χ4n) is 2.48. The molecule has 1 heterocycles. The van der Waals surface area contributed by atoms with E-state index < -0.39 is 0 Å². The van der Waals surface area contributed by atoms with Gasteiger partial charge in [-0.1, -0.05) is 6.92 Å². The Hall–Kier alpha value is -0.0800. The summed E-state index contributed by atoms with van der Waals surface area (Å²) in [5.74, 6) is 0.816. The van der Waals surface area contributed by atoms with E-state index in [1.165, 1.54) is 13.0 Å². The minimum absolute atomic E-state index is 0.0217. The average Bonchev–Trinajstić information content (AvgIpc) is 2.26. The number of likely N-dealkylation sites (tertiary alicyclic amines) is 1. The lowest BCUT2D eigenvalue weighted by Crippen LogP contribution is -2.40. The van der Waals surface area contributed by atoms with Gasteiger partial charge in [-0.2, -0.15) is 0 Å². The van der Waals surface area contributed by atoms with E-state index in [0.717, 1.165) is 5.92 Å². The Morgan fingerprint density at radius 1 is 1.36 bits per heavy atom. The third-order valence-electron chi connectivity index (χ3n) is 2.89. The van der Waals surface area contributed by atoms with Crippen molar-refractivity contribution in [3.63, 3.8) is 0 Å². The molecule has 1 saturated heterocycles. The summed E-state index contributed by atoms with van der Waals surface area (Å²) in [6.45, 7) is 12.1. The van der Waals surface area contributed by atoms with Gasteiger partial charge in [0.05, 0.1) is 11.7 Å². The first kappa shape index (κ1) is 12.0. The van der Waals surface area contributed by atoms with Crippen LogP contribution in [-0.4, -0.2) is 36.2 Å². The van der Waals surface area contributed by atoms with Crippen LogP contribution in [0.3, 0.4) is 0 Å². The zero-order valence-electron chi connectivity index (χ0n) is 10.5. The highest BCUT2D eigenvalue weighted by Gasteiger charge is 2.33. The van der Waals surface area contributed by atoms with Crippen molar-refractivity contribution in [1.29, 1.82) is 0 Å². The van der Waals surface area contributed by atoms with Crippen molar-refractivity contribution in [3.8, 4) is 0 Å². The van der Waals surface area contributed by atoms with Crippen LogP contribution in [0.25, 0.3) is 0 Å². The number of hydrogen-bond donors (Lipinski definition) is 0. The first-order valence-corrected chi connectivity index (χ1v) is 5.67. The summed E-state index contributed by atoms with van der Waals surface area (Å²) in [6.07, 6.45) is 1.61. The maximum absolute atomic E-state index is 6.00. The molecule has 2 heteroatoms. The summed E-state index contributed by atoms with van der Waals surface area (Å²) >= 11 is 0. The van der Waals surface area contributed by atoms with E-state index in [0.29, 0.717) is 12.1 Å². The SMILES string of the molecule is C[C@@H]1C[C@@H]([C@H](C)OC(C)(C)C)N(C)C1. The van der Waals surface area contributed by atoms with Gasteiger partial charge in [-0.25, -0.2) is 0 Å². The lowest BCUT2D eigenvalue weighted by molar-refractivity contribution is -0.0777. The normalized spacial score (nSPS) is 32.1. The van der Waals surface area contributed by atoms with Gasteiger partial charge < -0.3 is 9.64 Å². The number of likely N-dealkylation sites (N-methyl/N-ethyl adjacent to an activating group) is 1. The van der Waals surface area contributed by atoms with Crippen LogP contribution in [0.1, 0.15) is 41.0 Å². The molecule has 1 aliphatic heterocycles. The van der Waals surface area contributed by atoms with Crippen molar-refractivity contribution >= 4 is 0 Å². The van der Waals surface area contributed by atoms with Crippen LogP contribution < -0.4 is 0 Å². The van der Waals surface area contributed by atoms with Crippen molar-refractivity contribution in [3.05, 3.63) is 0 Å². The first-order valence-electron chi connectivity index (χ1n) is 5.67. The molecule has 2 nitrogen and oxygen atoms in total. The molecule has 14 heavy (non-hydrogen) atoms. The molecule has 0 aromatic heterocycles. The predicted molar refractivity (Wildman–Crippen MR) is 60.5 cm³/mol. The fourth-order valence-corrected chi connectivity index (χ4v) is 2.48. The zero-order chi connectivity index (χ0) is 10.9. The van der Waals surface area contributed by atoms with E-state index in [-0.39, 0.29) is 5.60 Å². The Balaban J connectivity index is 2.49. The molecule has 1 rings (SSSR count). The van der Waals surface area contributed by atoms with E-state index in [4.69, 9.17) is 4.74 Å². The van der Waals surface area contributed by atoms with Crippen LogP contribution >= 0.6 is 0 Å². The molecule has 3 atom stereocenters. The summed E-state index contributed by atoms with van der Waals surface area (Å²) in [7, 11) is 2.21. The van der Waals surface area contributed by atoms with Gasteiger partial charge in [0.15, 0.2) is 0 Å². The smallest absolute Gasteiger partial charge is 0.0709 e. The van der Waals surface area contributed by atoms with Crippen LogP contribution in [0, 0.1) is 5.92 Å². The Bertz CT molecular complexity index is 185. The molecule has 84 valence electrons. The predicted octanol–water partition coefficient (Wildman–Crippen LogP) is 2.53. The van der Waals surface area contributed by atoms with Crippen molar-refractivity contribution in [2.45, 2.75) is 58.8 Å². The minimum Gasteiger partial charge on any atom is -0.371 e. The van der Waals surface area contributed by atoms with Crippen LogP contribution in [0.2, 0.25) is 0 Å². The van der Waals surface area contributed by atoms with E-state index >= 15 is 0 Å². The van der Waals surface area contributed by atoms with Gasteiger partial charge in [0.1, 0.15) is 0 Å². The molecule has 0 aromatic rings. The van der Waals surface area contributed by atoms with Gasteiger partial charge in [0.25, 0.3) is 0 Å². The third-order valence-corrected chi connectivity index (χ3v) is 2.89. The minimum atomic E-state index is -0.0217. The molecule has 0 aromatic carbocycles. The highest BCUT2D eigenvalue weighted by Crippen LogP contribution is 2.26. The molecular formula is C12H25NO. The van der Waals surface area contributed by atoms with E-state index in [2.05, 4.69) is 46.6 Å². The van der Waals surface area contributed by atoms with E-state index in [1.54, 1.807) is 0 Å². The van der Waals surface area contributed by atoms with Crippen LogP contribution in [0.15, 0.2) is 0 Å². The van der Waals surface area contributed by atoms with Gasteiger partial charge in [-0.05, 0) is 47.1 Å². The standard InChI is InChI=1S/C12H25NO/c1-9-7-11(13(6)8-9)10(2)14-12(3,4)5/h9-11H,7-8H2,1-6H3/t9-,10+,11+/m1/s1. The summed E-state index contributed by atoms with van der Waals surface area (Å²) in [5, 5.41) is 0. The Morgan fingerprint density at radius 2 is 1.93 bits per heavy atom. The number of ether oxygens (including phenoxy) is 1. The molecule has 0 radical (unpaired) electrons. The first-order chi connectivity index (χ1) is 6.29. The van der Waals surface area contributed by atoms with Crippen LogP contribution in [0.5, 0.6) is 0 Å². The topological polar surface area (TPSA) is 12.5 Å². The lowest BCUT2D eigenvalue weighted by Gasteiger charge is -2.32. The second kappa shape index (κ2) is 4.19. The van der Waals surface area contributed by atoms with Gasteiger partial charge in [-0.15, -0.1) is 0 Å². The molecule has 0 spiro atoms. The summed E-state index contributed by atoms with van der Waals surface area (Å²) < 4.78 is 6.00. The molecule has 0 amide bonds. The Kier molecular flexibility index (Phi) is 3.59. The zero-order valence-corrected chi connectivity index (χ0v) is 10.5. The molecule has 0 aliphatic carbocycles. The fraction of sp³-hybridized carbons (Fsp3) is 1.00. The van der Waals surface area contributed by atoms with Crippen molar-refractivity contribution in [1.82, 2.24) is 4.90 Å². The molecule has 0 bridgehead atoms. The largest absolute Gasteiger partial charge is 0.371 e. The average molecular weight is 199 g/mol. The van der Waals surface area contributed by atoms with Gasteiger partial charge in [0.2, 0.25) is 0 Å². The highest BCUT2D eigenvalue weighted by molar-refractivity contribution is 4.86. The molecule has 0 saturated carbocycles. The molecular weight excluding hydrogens is 174 g/mol. The van der Waals surface area contributed by atoms with Crippen molar-refractivity contribution in [2.24, 2.45) is 5.92 Å². The summed E-state index contributed by atoms with van der Waals surface area (Å²) in [6, 6.07) is 0.601. The van der Waals surface area contributed by atoms with Gasteiger partial charge >= 0.3 is 0 Å². The number of hydrogen-bond acceptors (Lipinski definition) is 2. The maximum Gasteiger partial charge on any atom is 0.0709 e. The van der Waals surface area contributed by atoms with Crippen molar-refractivity contribution in [2.75, 3.05) is 13.6 Å². The van der Waals surface area contributed by atoms with Crippen LogP contribution in [0.4, 0.5) is 0 Å². The number of rotatable bonds is 2. The lowest BCUT2D eigenvalue weighted by atomic mass is 10.0. The maximum atomic E-state index is 6.00. The van der Waals surface area contributed by atoms with Gasteiger partial charge in [0, 0.05) is 12.6 Å². The van der Waals surface area contributed by atoms with Crippen LogP contribution in [-0.2, 0) is 4.74 Å². The Morgan fingerprint density at radius 3 is 2.29 bits per heavy atom. The van der Waals surface area contributed by atoms with E-state index in [9.17, 15) is 0 Å². The summed E-state index contributed by atoms with van der Waals surface area (Å²) in [4.78, 5) is 2.43. The second-order valence-corrected chi connectivity index (χ2v) is 5.78. The second-order valence-electron chi connectivity index (χ2n) is 5.78.